The standard InChI is InChI=1S/C23H26ClN3O4/c1-2-31-18-6-4-3-5-16(18)26-17-12-25-27(20(28)19(17)24)23-10-14-7-15(11-23)9-22(8-14,13-23)21(29)30/h3-6,12,14-15,26H,2,7-11,13H2,1H3,(H,29,30). The molecule has 1 aromatic carbocycles. The van der Waals surface area contributed by atoms with Crippen LogP contribution in [-0.4, -0.2) is 27.5 Å². The maximum absolute atomic E-state index is 13.3. The topological polar surface area (TPSA) is 93.4 Å². The monoisotopic (exact) mass is 443 g/mol. The molecule has 7 nitrogen and oxygen atoms in total. The number of ether oxygens (including phenoxy) is 1. The van der Waals surface area contributed by atoms with Crippen molar-refractivity contribution in [1.82, 2.24) is 9.78 Å². The van der Waals surface area contributed by atoms with E-state index in [-0.39, 0.29) is 10.6 Å². The van der Waals surface area contributed by atoms with Crippen LogP contribution in [0.5, 0.6) is 5.75 Å². The number of hydrogen-bond donors (Lipinski definition) is 2. The Kier molecular flexibility index (Phi) is 4.77. The number of halogens is 1. The average molecular weight is 444 g/mol. The number of nitrogens with one attached hydrogen (secondary N) is 1. The van der Waals surface area contributed by atoms with E-state index in [1.807, 2.05) is 31.2 Å². The quantitative estimate of drug-likeness (QED) is 0.686. The summed E-state index contributed by atoms with van der Waals surface area (Å²) in [6.07, 6.45) is 6.06. The number of aliphatic carboxylic acids is 1. The number of rotatable bonds is 6. The molecule has 0 aliphatic heterocycles. The Morgan fingerprint density at radius 3 is 2.65 bits per heavy atom. The van der Waals surface area contributed by atoms with Crippen LogP contribution in [0.1, 0.15) is 45.4 Å². The molecular formula is C23H26ClN3O4. The van der Waals surface area contributed by atoms with Gasteiger partial charge in [-0.15, -0.1) is 0 Å². The second-order valence-corrected chi connectivity index (χ2v) is 9.79. The number of anilines is 2. The van der Waals surface area contributed by atoms with Gasteiger partial charge in [0.15, 0.2) is 0 Å². The van der Waals surface area contributed by atoms with Gasteiger partial charge in [-0.05, 0) is 69.4 Å². The zero-order chi connectivity index (χ0) is 21.8. The number of carbonyl (C=O) groups is 1. The fourth-order valence-electron chi connectivity index (χ4n) is 6.57. The van der Waals surface area contributed by atoms with Gasteiger partial charge in [0.2, 0.25) is 0 Å². The van der Waals surface area contributed by atoms with Gasteiger partial charge in [-0.3, -0.25) is 9.59 Å². The lowest BCUT2D eigenvalue weighted by Crippen LogP contribution is -2.61. The lowest BCUT2D eigenvalue weighted by atomic mass is 9.47. The molecule has 0 spiro atoms. The Morgan fingerprint density at radius 2 is 1.97 bits per heavy atom. The van der Waals surface area contributed by atoms with E-state index in [0.29, 0.717) is 54.8 Å². The number of carboxylic acid groups (broad SMARTS) is 1. The van der Waals surface area contributed by atoms with Crippen molar-refractivity contribution in [3.8, 4) is 5.75 Å². The lowest BCUT2D eigenvalue weighted by Gasteiger charge is -2.60. The molecule has 0 amide bonds. The van der Waals surface area contributed by atoms with Crippen molar-refractivity contribution in [2.45, 2.75) is 51.0 Å². The molecule has 0 saturated heterocycles. The molecular weight excluding hydrogens is 418 g/mol. The highest BCUT2D eigenvalue weighted by Gasteiger charge is 2.62. The summed E-state index contributed by atoms with van der Waals surface area (Å²) >= 11 is 6.52. The minimum absolute atomic E-state index is 0.0569. The molecule has 0 radical (unpaired) electrons. The minimum atomic E-state index is -0.745. The van der Waals surface area contributed by atoms with Crippen LogP contribution in [0.3, 0.4) is 0 Å². The molecule has 2 N–H and O–H groups in total. The summed E-state index contributed by atoms with van der Waals surface area (Å²) in [5.74, 6) is 0.562. The summed E-state index contributed by atoms with van der Waals surface area (Å²) < 4.78 is 7.13. The van der Waals surface area contributed by atoms with Gasteiger partial charge in [0, 0.05) is 0 Å². The number of hydrogen-bond acceptors (Lipinski definition) is 5. The molecule has 31 heavy (non-hydrogen) atoms. The summed E-state index contributed by atoms with van der Waals surface area (Å²) in [5, 5.41) is 17.7. The third-order valence-electron chi connectivity index (χ3n) is 7.31. The first-order valence-corrected chi connectivity index (χ1v) is 11.2. The van der Waals surface area contributed by atoms with Crippen molar-refractivity contribution in [2.75, 3.05) is 11.9 Å². The fraction of sp³-hybridized carbons (Fsp3) is 0.522. The molecule has 4 bridgehead atoms. The summed E-state index contributed by atoms with van der Waals surface area (Å²) in [6, 6.07) is 7.44. The molecule has 2 aromatic rings. The highest BCUT2D eigenvalue weighted by Crippen LogP contribution is 2.63. The smallest absolute Gasteiger partial charge is 0.309 e. The number of nitrogens with zero attached hydrogens (tertiary/aromatic N) is 2. The van der Waals surface area contributed by atoms with Gasteiger partial charge in [-0.25, -0.2) is 4.68 Å². The zero-order valence-electron chi connectivity index (χ0n) is 17.4. The number of para-hydroxylation sites is 2. The van der Waals surface area contributed by atoms with Crippen LogP contribution in [0.25, 0.3) is 0 Å². The van der Waals surface area contributed by atoms with E-state index < -0.39 is 16.9 Å². The fourth-order valence-corrected chi connectivity index (χ4v) is 6.74. The Morgan fingerprint density at radius 1 is 1.26 bits per heavy atom. The van der Waals surface area contributed by atoms with Crippen LogP contribution >= 0.6 is 11.6 Å². The van der Waals surface area contributed by atoms with E-state index in [9.17, 15) is 14.7 Å². The van der Waals surface area contributed by atoms with Gasteiger partial charge in [0.25, 0.3) is 5.56 Å². The van der Waals surface area contributed by atoms with E-state index in [2.05, 4.69) is 10.4 Å². The Bertz CT molecular complexity index is 1080. The second kappa shape index (κ2) is 7.26. The highest BCUT2D eigenvalue weighted by atomic mass is 35.5. The number of aromatic nitrogens is 2. The Balaban J connectivity index is 1.51. The first-order chi connectivity index (χ1) is 14.9. The van der Waals surface area contributed by atoms with Crippen molar-refractivity contribution in [2.24, 2.45) is 17.3 Å². The summed E-state index contributed by atoms with van der Waals surface area (Å²) in [7, 11) is 0. The largest absolute Gasteiger partial charge is 0.492 e. The maximum atomic E-state index is 13.3. The lowest BCUT2D eigenvalue weighted by molar-refractivity contribution is -0.173. The predicted molar refractivity (Wildman–Crippen MR) is 117 cm³/mol. The third kappa shape index (κ3) is 3.21. The van der Waals surface area contributed by atoms with E-state index in [1.54, 1.807) is 6.20 Å². The van der Waals surface area contributed by atoms with Gasteiger partial charge in [-0.1, -0.05) is 23.7 Å². The van der Waals surface area contributed by atoms with Crippen LogP contribution < -0.4 is 15.6 Å². The highest BCUT2D eigenvalue weighted by molar-refractivity contribution is 6.33. The second-order valence-electron chi connectivity index (χ2n) is 9.41. The predicted octanol–water partition coefficient (Wildman–Crippen LogP) is 4.42. The van der Waals surface area contributed by atoms with Crippen molar-refractivity contribution >= 4 is 28.9 Å². The van der Waals surface area contributed by atoms with E-state index in [1.165, 1.54) is 4.68 Å². The van der Waals surface area contributed by atoms with Gasteiger partial charge >= 0.3 is 5.97 Å². The van der Waals surface area contributed by atoms with E-state index in [0.717, 1.165) is 19.3 Å². The summed E-state index contributed by atoms with van der Waals surface area (Å²) in [4.78, 5) is 25.5. The van der Waals surface area contributed by atoms with Gasteiger partial charge < -0.3 is 15.2 Å². The van der Waals surface area contributed by atoms with Crippen LogP contribution in [-0.2, 0) is 10.3 Å². The summed E-state index contributed by atoms with van der Waals surface area (Å²) in [5.41, 5.74) is -0.573. The van der Waals surface area contributed by atoms with Crippen molar-refractivity contribution in [3.63, 3.8) is 0 Å². The normalized spacial score (nSPS) is 30.9. The van der Waals surface area contributed by atoms with Crippen molar-refractivity contribution in [3.05, 3.63) is 45.8 Å². The van der Waals surface area contributed by atoms with Crippen LogP contribution in [0.4, 0.5) is 11.4 Å². The van der Waals surface area contributed by atoms with Crippen molar-refractivity contribution < 1.29 is 14.6 Å². The molecule has 4 aliphatic rings. The summed E-state index contributed by atoms with van der Waals surface area (Å²) in [6.45, 7) is 2.42. The molecule has 1 aromatic heterocycles. The van der Waals surface area contributed by atoms with Gasteiger partial charge in [-0.2, -0.15) is 5.10 Å². The maximum Gasteiger partial charge on any atom is 0.309 e. The van der Waals surface area contributed by atoms with E-state index >= 15 is 0 Å². The van der Waals surface area contributed by atoms with Crippen LogP contribution in [0, 0.1) is 17.3 Å². The molecule has 164 valence electrons. The zero-order valence-corrected chi connectivity index (χ0v) is 18.2. The molecule has 6 rings (SSSR count). The van der Waals surface area contributed by atoms with Crippen molar-refractivity contribution in [1.29, 1.82) is 0 Å². The first-order valence-electron chi connectivity index (χ1n) is 10.9. The van der Waals surface area contributed by atoms with Crippen LogP contribution in [0.15, 0.2) is 35.3 Å². The van der Waals surface area contributed by atoms with Gasteiger partial charge in [0.1, 0.15) is 10.8 Å². The molecule has 2 unspecified atom stereocenters. The molecule has 4 fully saturated rings. The van der Waals surface area contributed by atoms with Crippen LogP contribution in [0.2, 0.25) is 5.02 Å². The first kappa shape index (κ1) is 20.4. The molecule has 2 atom stereocenters. The molecule has 4 aliphatic carbocycles. The Hall–Kier alpha value is -2.54. The third-order valence-corrected chi connectivity index (χ3v) is 7.67. The van der Waals surface area contributed by atoms with Gasteiger partial charge in [0.05, 0.1) is 35.1 Å². The SMILES string of the molecule is CCOc1ccccc1Nc1cnn(C23CC4CC(CC(C(=O)O)(C4)C2)C3)c(=O)c1Cl. The molecule has 4 saturated carbocycles. The molecule has 1 heterocycles. The average Bonchev–Trinajstić information content (AvgIpc) is 2.72. The van der Waals surface area contributed by atoms with E-state index in [4.69, 9.17) is 16.3 Å². The Labute approximate surface area is 185 Å². The minimum Gasteiger partial charge on any atom is -0.492 e. The molecule has 8 heteroatoms. The number of benzene rings is 1. The number of carboxylic acids is 1.